The SMILES string of the molecule is C=CCN(c1ccc(C(=O)N[C@@H](C)C(C)C)cc1)S(C)(=O)=O. The zero-order chi connectivity index (χ0) is 16.9. The Labute approximate surface area is 133 Å². The summed E-state index contributed by atoms with van der Waals surface area (Å²) in [5.41, 5.74) is 1.01. The van der Waals surface area contributed by atoms with Gasteiger partial charge in [0.05, 0.1) is 18.5 Å². The van der Waals surface area contributed by atoms with Gasteiger partial charge in [-0.1, -0.05) is 19.9 Å². The third-order valence-corrected chi connectivity index (χ3v) is 4.63. The molecule has 0 saturated carbocycles. The lowest BCUT2D eigenvalue weighted by molar-refractivity contribution is 0.0930. The van der Waals surface area contributed by atoms with Gasteiger partial charge < -0.3 is 5.32 Å². The lowest BCUT2D eigenvalue weighted by Crippen LogP contribution is -2.36. The average molecular weight is 324 g/mol. The van der Waals surface area contributed by atoms with E-state index in [0.717, 1.165) is 6.26 Å². The first-order chi connectivity index (χ1) is 10.2. The van der Waals surface area contributed by atoms with E-state index < -0.39 is 10.0 Å². The molecule has 1 rings (SSSR count). The Balaban J connectivity index is 2.94. The number of amides is 1. The van der Waals surface area contributed by atoms with Crippen molar-refractivity contribution in [3.8, 4) is 0 Å². The standard InChI is InChI=1S/C16H24N2O3S/c1-6-11-18(22(5,20)21)15-9-7-14(8-10-15)16(19)17-13(4)12(2)3/h6-10,12-13H,1,11H2,2-5H3,(H,17,19)/t13-/m0/s1. The molecule has 22 heavy (non-hydrogen) atoms. The smallest absolute Gasteiger partial charge is 0.251 e. The Morgan fingerprint density at radius 1 is 1.27 bits per heavy atom. The van der Waals surface area contributed by atoms with E-state index in [4.69, 9.17) is 0 Å². The number of anilines is 1. The molecule has 6 heteroatoms. The molecule has 122 valence electrons. The number of carbonyl (C=O) groups excluding carboxylic acids is 1. The topological polar surface area (TPSA) is 66.5 Å². The molecule has 1 aromatic rings. The molecule has 0 aliphatic rings. The molecule has 1 atom stereocenters. The van der Waals surface area contributed by atoms with Gasteiger partial charge in [0.1, 0.15) is 0 Å². The van der Waals surface area contributed by atoms with Crippen molar-refractivity contribution in [1.82, 2.24) is 5.32 Å². The second-order valence-electron chi connectivity index (χ2n) is 5.64. The second-order valence-corrected chi connectivity index (χ2v) is 7.54. The van der Waals surface area contributed by atoms with Crippen molar-refractivity contribution in [2.45, 2.75) is 26.8 Å². The minimum absolute atomic E-state index is 0.0699. The largest absolute Gasteiger partial charge is 0.349 e. The third-order valence-electron chi connectivity index (χ3n) is 3.47. The third kappa shape index (κ3) is 4.87. The Morgan fingerprint density at radius 3 is 2.23 bits per heavy atom. The van der Waals surface area contributed by atoms with Crippen molar-refractivity contribution in [2.75, 3.05) is 17.1 Å². The number of nitrogens with zero attached hydrogens (tertiary/aromatic N) is 1. The highest BCUT2D eigenvalue weighted by Crippen LogP contribution is 2.18. The van der Waals surface area contributed by atoms with Crippen molar-refractivity contribution < 1.29 is 13.2 Å². The number of carbonyl (C=O) groups is 1. The summed E-state index contributed by atoms with van der Waals surface area (Å²) in [7, 11) is -3.38. The predicted octanol–water partition coefficient (Wildman–Crippen LogP) is 2.41. The van der Waals surface area contributed by atoms with Gasteiger partial charge >= 0.3 is 0 Å². The molecule has 0 saturated heterocycles. The average Bonchev–Trinajstić information content (AvgIpc) is 2.43. The van der Waals surface area contributed by atoms with Gasteiger partial charge in [-0.05, 0) is 37.1 Å². The van der Waals surface area contributed by atoms with Gasteiger partial charge in [-0.3, -0.25) is 9.10 Å². The molecule has 0 aliphatic carbocycles. The summed E-state index contributed by atoms with van der Waals surface area (Å²) >= 11 is 0. The molecule has 0 aliphatic heterocycles. The minimum Gasteiger partial charge on any atom is -0.349 e. The van der Waals surface area contributed by atoms with Crippen LogP contribution in [-0.4, -0.2) is 33.2 Å². The van der Waals surface area contributed by atoms with E-state index in [1.54, 1.807) is 24.3 Å². The van der Waals surface area contributed by atoms with Crippen LogP contribution in [0.4, 0.5) is 5.69 Å². The highest BCUT2D eigenvalue weighted by atomic mass is 32.2. The zero-order valence-corrected chi connectivity index (χ0v) is 14.4. The van der Waals surface area contributed by atoms with Gasteiger partial charge in [0.2, 0.25) is 10.0 Å². The number of rotatable bonds is 7. The van der Waals surface area contributed by atoms with Gasteiger partial charge in [0.25, 0.3) is 5.91 Å². The van der Waals surface area contributed by atoms with E-state index in [-0.39, 0.29) is 18.5 Å². The Morgan fingerprint density at radius 2 is 1.82 bits per heavy atom. The van der Waals surface area contributed by atoms with Gasteiger partial charge in [0.15, 0.2) is 0 Å². The number of nitrogens with one attached hydrogen (secondary N) is 1. The van der Waals surface area contributed by atoms with Crippen molar-refractivity contribution in [2.24, 2.45) is 5.92 Å². The van der Waals surface area contributed by atoms with E-state index in [0.29, 0.717) is 17.2 Å². The summed E-state index contributed by atoms with van der Waals surface area (Å²) in [4.78, 5) is 12.1. The van der Waals surface area contributed by atoms with E-state index in [9.17, 15) is 13.2 Å². The monoisotopic (exact) mass is 324 g/mol. The molecular weight excluding hydrogens is 300 g/mol. The van der Waals surface area contributed by atoms with Crippen molar-refractivity contribution >= 4 is 21.6 Å². The summed E-state index contributed by atoms with van der Waals surface area (Å²) in [5.74, 6) is 0.180. The number of benzene rings is 1. The quantitative estimate of drug-likeness (QED) is 0.783. The minimum atomic E-state index is -3.38. The van der Waals surface area contributed by atoms with Gasteiger partial charge in [-0.15, -0.1) is 6.58 Å². The fourth-order valence-electron chi connectivity index (χ4n) is 1.79. The Bertz CT molecular complexity index is 621. The molecule has 1 amide bonds. The Kier molecular flexibility index (Phi) is 6.17. The number of sulfonamides is 1. The van der Waals surface area contributed by atoms with E-state index in [1.807, 2.05) is 20.8 Å². The van der Waals surface area contributed by atoms with Crippen molar-refractivity contribution in [1.29, 1.82) is 0 Å². The summed E-state index contributed by atoms with van der Waals surface area (Å²) in [6, 6.07) is 6.57. The van der Waals surface area contributed by atoms with Crippen LogP contribution in [0.15, 0.2) is 36.9 Å². The first kappa shape index (κ1) is 18.2. The molecule has 0 heterocycles. The summed E-state index contributed by atoms with van der Waals surface area (Å²) < 4.78 is 24.8. The molecule has 0 aromatic heterocycles. The maximum Gasteiger partial charge on any atom is 0.251 e. The first-order valence-electron chi connectivity index (χ1n) is 7.16. The van der Waals surface area contributed by atoms with E-state index in [1.165, 1.54) is 10.4 Å². The number of hydrogen-bond donors (Lipinski definition) is 1. The van der Waals surface area contributed by atoms with Crippen LogP contribution in [0.3, 0.4) is 0 Å². The Hall–Kier alpha value is -1.82. The normalized spacial score (nSPS) is 12.8. The van der Waals surface area contributed by atoms with Crippen LogP contribution in [0.25, 0.3) is 0 Å². The number of hydrogen-bond acceptors (Lipinski definition) is 3. The molecule has 0 unspecified atom stereocenters. The fourth-order valence-corrected chi connectivity index (χ4v) is 2.67. The van der Waals surface area contributed by atoms with Crippen LogP contribution in [0, 0.1) is 5.92 Å². The highest BCUT2D eigenvalue weighted by molar-refractivity contribution is 7.92. The summed E-state index contributed by atoms with van der Waals surface area (Å²) in [6.07, 6.45) is 2.66. The second kappa shape index (κ2) is 7.45. The van der Waals surface area contributed by atoms with Crippen LogP contribution in [0.5, 0.6) is 0 Å². The molecule has 1 aromatic carbocycles. The van der Waals surface area contributed by atoms with Crippen molar-refractivity contribution in [3.05, 3.63) is 42.5 Å². The van der Waals surface area contributed by atoms with Crippen molar-refractivity contribution in [3.63, 3.8) is 0 Å². The first-order valence-corrected chi connectivity index (χ1v) is 9.01. The van der Waals surface area contributed by atoms with Crippen LogP contribution < -0.4 is 9.62 Å². The molecule has 5 nitrogen and oxygen atoms in total. The molecule has 0 spiro atoms. The predicted molar refractivity (Wildman–Crippen MR) is 90.6 cm³/mol. The van der Waals surface area contributed by atoms with Crippen LogP contribution >= 0.6 is 0 Å². The molecule has 1 N–H and O–H groups in total. The molecule has 0 radical (unpaired) electrons. The highest BCUT2D eigenvalue weighted by Gasteiger charge is 2.17. The molecule has 0 fully saturated rings. The van der Waals surface area contributed by atoms with Crippen LogP contribution in [-0.2, 0) is 10.0 Å². The van der Waals surface area contributed by atoms with Crippen LogP contribution in [0.1, 0.15) is 31.1 Å². The summed E-state index contributed by atoms with van der Waals surface area (Å²) in [5, 5.41) is 2.91. The molecule has 0 bridgehead atoms. The van der Waals surface area contributed by atoms with Gasteiger partial charge in [-0.2, -0.15) is 0 Å². The maximum absolute atomic E-state index is 12.1. The fraction of sp³-hybridized carbons (Fsp3) is 0.438. The zero-order valence-electron chi connectivity index (χ0n) is 13.5. The van der Waals surface area contributed by atoms with Gasteiger partial charge in [0, 0.05) is 11.6 Å². The van der Waals surface area contributed by atoms with Crippen LogP contribution in [0.2, 0.25) is 0 Å². The maximum atomic E-state index is 12.1. The lowest BCUT2D eigenvalue weighted by atomic mass is 10.1. The van der Waals surface area contributed by atoms with E-state index in [2.05, 4.69) is 11.9 Å². The van der Waals surface area contributed by atoms with E-state index >= 15 is 0 Å². The molecular formula is C16H24N2O3S. The lowest BCUT2D eigenvalue weighted by Gasteiger charge is -2.21. The summed E-state index contributed by atoms with van der Waals surface area (Å²) in [6.45, 7) is 9.77. The van der Waals surface area contributed by atoms with Gasteiger partial charge in [-0.25, -0.2) is 8.42 Å².